The van der Waals surface area contributed by atoms with Gasteiger partial charge in [0.05, 0.1) is 11.0 Å². The summed E-state index contributed by atoms with van der Waals surface area (Å²) in [6, 6.07) is 7.54. The van der Waals surface area contributed by atoms with Crippen molar-refractivity contribution in [1.82, 2.24) is 9.80 Å². The number of hydrogen-bond acceptors (Lipinski definition) is 8. The maximum absolute atomic E-state index is 17.1. The van der Waals surface area contributed by atoms with E-state index in [1.54, 1.807) is 22.4 Å². The molecule has 432 valence electrons. The number of hydrogen-bond donors (Lipinski definition) is 2. The van der Waals surface area contributed by atoms with Crippen LogP contribution < -0.4 is 5.73 Å². The highest BCUT2D eigenvalue weighted by molar-refractivity contribution is 6.00. The largest absolute Gasteiger partial charge is 0.509 e. The van der Waals surface area contributed by atoms with Gasteiger partial charge >= 0.3 is 11.9 Å². The molecule has 0 radical (unpaired) electrons. The third-order valence-corrected chi connectivity index (χ3v) is 31.6. The molecule has 7 heterocycles. The summed E-state index contributed by atoms with van der Waals surface area (Å²) in [5, 5.41) is 14.5. The summed E-state index contributed by atoms with van der Waals surface area (Å²) < 4.78 is 15.1. The van der Waals surface area contributed by atoms with Crippen LogP contribution in [0.25, 0.3) is 0 Å². The lowest BCUT2D eigenvalue weighted by atomic mass is 9.26. The maximum atomic E-state index is 17.1. The van der Waals surface area contributed by atoms with Crippen molar-refractivity contribution in [3.63, 3.8) is 0 Å². The van der Waals surface area contributed by atoms with Crippen LogP contribution in [0.5, 0.6) is 0 Å². The van der Waals surface area contributed by atoms with Crippen molar-refractivity contribution in [2.24, 2.45) is 109 Å². The van der Waals surface area contributed by atoms with E-state index < -0.39 is 16.4 Å². The Morgan fingerprint density at radius 3 is 2.57 bits per heavy atom. The highest BCUT2D eigenvalue weighted by Gasteiger charge is 2.94. The number of carbonyl (C=O) groups excluding carboxylic acids is 2. The first-order valence-corrected chi connectivity index (χ1v) is 34.9. The number of rotatable bonds is 4. The van der Waals surface area contributed by atoms with E-state index in [-0.39, 0.29) is 52.5 Å². The van der Waals surface area contributed by atoms with Gasteiger partial charge in [0.25, 0.3) is 0 Å². The first kappa shape index (κ1) is 49.3. The number of allylic oxidation sites excluding steroid dienone is 4. The quantitative estimate of drug-likeness (QED) is 0.175. The summed E-state index contributed by atoms with van der Waals surface area (Å²) in [4.78, 5) is 39.0. The van der Waals surface area contributed by atoms with Crippen molar-refractivity contribution < 1.29 is 24.2 Å². The first-order valence-electron chi connectivity index (χ1n) is 34.9. The molecule has 8 nitrogen and oxygen atoms in total. The number of carbonyl (C=O) groups is 2. The normalized spacial score (nSPS) is 50.5. The molecule has 19 aliphatic rings. The van der Waals surface area contributed by atoms with Crippen LogP contribution in [0.2, 0.25) is 0 Å². The summed E-state index contributed by atoms with van der Waals surface area (Å²) >= 11 is 0. The van der Waals surface area contributed by atoms with E-state index in [1.165, 1.54) is 140 Å². The van der Waals surface area contributed by atoms with Gasteiger partial charge in [0.1, 0.15) is 11.2 Å². The molecule has 1 aromatic rings. The SMILES string of the molecule is CC1CC2=C3C4C5=C6C7CC14CCC7=CC(C1CCCC1)CC1C64C(=O)OC(=C(O)CC6C7CC8(CCCC8)C8(CCCC89CCCC9C#CCC8C9CN3C3C(CCC9C3CN68)C2)C7)C4(CC5)C12OC(=O)c1c(CCCN)cccc12. The van der Waals surface area contributed by atoms with E-state index in [1.807, 2.05) is 0 Å². The number of esters is 2. The fourth-order valence-electron chi connectivity index (χ4n) is 29.5. The lowest BCUT2D eigenvalue weighted by Crippen LogP contribution is -2.78. The second kappa shape index (κ2) is 16.2. The Morgan fingerprint density at radius 1 is 0.817 bits per heavy atom. The molecule has 1 aromatic carbocycles. The van der Waals surface area contributed by atoms with Crippen LogP contribution in [0.1, 0.15) is 215 Å². The Morgan fingerprint density at radius 2 is 1.70 bits per heavy atom. The minimum absolute atomic E-state index is 0.111. The van der Waals surface area contributed by atoms with E-state index in [9.17, 15) is 5.11 Å². The van der Waals surface area contributed by atoms with Gasteiger partial charge in [-0.15, -0.1) is 5.92 Å². The van der Waals surface area contributed by atoms with Crippen molar-refractivity contribution in [2.75, 3.05) is 19.6 Å². The van der Waals surface area contributed by atoms with Crippen molar-refractivity contribution >= 4 is 11.9 Å². The van der Waals surface area contributed by atoms with Gasteiger partial charge in [0, 0.05) is 79.0 Å². The zero-order valence-electron chi connectivity index (χ0n) is 49.4. The Bertz CT molecular complexity index is 3280. The lowest BCUT2D eigenvalue weighted by Gasteiger charge is -2.75. The van der Waals surface area contributed by atoms with Gasteiger partial charge in [-0.25, -0.2) is 4.79 Å². The van der Waals surface area contributed by atoms with Crippen molar-refractivity contribution in [3.05, 3.63) is 80.5 Å². The average Bonchev–Trinajstić information content (AvgIpc) is 1.30. The molecule has 8 saturated carbocycles. The molecule has 13 bridgehead atoms. The van der Waals surface area contributed by atoms with Crippen LogP contribution in [-0.4, -0.2) is 64.6 Å². The van der Waals surface area contributed by atoms with Crippen LogP contribution in [0.15, 0.2) is 63.8 Å². The van der Waals surface area contributed by atoms with Crippen molar-refractivity contribution in [3.8, 4) is 11.8 Å². The standard InChI is InChI=1S/C74H91N3O5/c1-41-31-47-33-45-19-20-50-53-39-77-63(45)54(50)40-76-56(53)18-7-15-49-16-8-25-70(49)26-10-27-71(70)37-48(36-68(71)23-4-5-24-68)57(76)35-58(78)65-72-29-22-51-61-52-38-69(41,62(51)64(47)77)28-21-44(52)32-46(42-11-2-3-12-42)34-59(73(61,72)67(80)81-65)74(72)55-17-6-13-43(14-9-30-75)60(55)66(79)82-74/h6,13,17,32,41-42,45-46,48-50,52-54,56-57,59,62-63,78H,2-5,8-12,14,16,18-31,33-40,75H2,1H3. The number of fused-ring (bicyclic) bond motifs is 7. The van der Waals surface area contributed by atoms with Gasteiger partial charge in [0.2, 0.25) is 0 Å². The molecule has 7 aliphatic heterocycles. The van der Waals surface area contributed by atoms with Crippen LogP contribution in [0.4, 0.5) is 0 Å². The predicted octanol–water partition coefficient (Wildman–Crippen LogP) is 13.9. The van der Waals surface area contributed by atoms with Crippen LogP contribution in [-0.2, 0) is 26.3 Å². The molecule has 20 atom stereocenters. The van der Waals surface area contributed by atoms with Gasteiger partial charge in [0.15, 0.2) is 11.4 Å². The molecule has 3 N–H and O–H groups in total. The lowest BCUT2D eigenvalue weighted by molar-refractivity contribution is -0.284. The second-order valence-electron chi connectivity index (χ2n) is 32.9. The Balaban J connectivity index is 0.882. The molecule has 12 aliphatic carbocycles. The van der Waals surface area contributed by atoms with Gasteiger partial charge in [-0.3, -0.25) is 9.69 Å². The summed E-state index contributed by atoms with van der Waals surface area (Å²) in [6.07, 6.45) is 37.7. The molecule has 7 spiro atoms. The van der Waals surface area contributed by atoms with E-state index in [0.29, 0.717) is 113 Å². The molecular formula is C74H91N3O5. The van der Waals surface area contributed by atoms with Crippen LogP contribution in [0.3, 0.4) is 0 Å². The van der Waals surface area contributed by atoms with Crippen molar-refractivity contribution in [2.45, 2.75) is 223 Å². The van der Waals surface area contributed by atoms with E-state index in [0.717, 1.165) is 62.7 Å². The smallest absolute Gasteiger partial charge is 0.339 e. The van der Waals surface area contributed by atoms with Crippen LogP contribution >= 0.6 is 0 Å². The number of benzene rings is 1. The molecule has 0 aromatic heterocycles. The molecular weight excluding hydrogens is 1010 g/mol. The molecule has 8 heteroatoms. The number of piperidine rings is 2. The van der Waals surface area contributed by atoms with E-state index in [2.05, 4.69) is 52.8 Å². The number of nitrogens with zero attached hydrogens (tertiary/aromatic N) is 2. The molecule has 3 saturated heterocycles. The molecule has 20 rings (SSSR count). The second-order valence-corrected chi connectivity index (χ2v) is 32.9. The van der Waals surface area contributed by atoms with Crippen molar-refractivity contribution in [1.29, 1.82) is 0 Å². The Hall–Kier alpha value is -3.80. The molecule has 20 unspecified atom stereocenters. The third kappa shape index (κ3) is 5.26. The van der Waals surface area contributed by atoms with E-state index in [4.69, 9.17) is 15.2 Å². The summed E-state index contributed by atoms with van der Waals surface area (Å²) in [7, 11) is 0. The van der Waals surface area contributed by atoms with Gasteiger partial charge in [-0.2, -0.15) is 0 Å². The molecule has 11 fully saturated rings. The van der Waals surface area contributed by atoms with Crippen LogP contribution in [0, 0.1) is 115 Å². The zero-order valence-corrected chi connectivity index (χ0v) is 49.4. The topological polar surface area (TPSA) is 105 Å². The summed E-state index contributed by atoms with van der Waals surface area (Å²) in [5.41, 5.74) is 14.9. The van der Waals surface area contributed by atoms with Gasteiger partial charge in [-0.05, 0) is 234 Å². The number of aliphatic hydroxyl groups is 1. The number of aryl methyl sites for hydroxylation is 1. The minimum Gasteiger partial charge on any atom is -0.509 e. The number of aliphatic hydroxyl groups excluding tert-OH is 1. The number of ether oxygens (including phenoxy) is 2. The fraction of sp³-hybridized carbons (Fsp3) is 0.757. The number of nitrogens with two attached hydrogens (primary N) is 1. The predicted molar refractivity (Wildman–Crippen MR) is 313 cm³/mol. The summed E-state index contributed by atoms with van der Waals surface area (Å²) in [5.74, 6) is 14.0. The van der Waals surface area contributed by atoms with Gasteiger partial charge in [-0.1, -0.05) is 86.8 Å². The highest BCUT2D eigenvalue weighted by atomic mass is 16.6. The highest BCUT2D eigenvalue weighted by Crippen LogP contribution is 2.90. The van der Waals surface area contributed by atoms with E-state index >= 15 is 9.59 Å². The fourth-order valence-corrected chi connectivity index (χ4v) is 29.5. The zero-order chi connectivity index (χ0) is 54.2. The average molecular weight is 1100 g/mol. The minimum atomic E-state index is -1.16. The first-order chi connectivity index (χ1) is 40.1. The maximum Gasteiger partial charge on any atom is 0.339 e. The monoisotopic (exact) mass is 1100 g/mol. The van der Waals surface area contributed by atoms with Gasteiger partial charge < -0.3 is 25.2 Å². The Kier molecular flexibility index (Phi) is 9.76. The third-order valence-electron chi connectivity index (χ3n) is 31.6. The molecule has 0 amide bonds. The Labute approximate surface area is 488 Å². The molecule has 82 heavy (non-hydrogen) atoms. The summed E-state index contributed by atoms with van der Waals surface area (Å²) in [6.45, 7) is 5.48.